The van der Waals surface area contributed by atoms with E-state index in [9.17, 15) is 19.2 Å². The summed E-state index contributed by atoms with van der Waals surface area (Å²) in [6.45, 7) is 11.4. The van der Waals surface area contributed by atoms with Crippen LogP contribution < -0.4 is 20.7 Å². The molecule has 115 heavy (non-hydrogen) atoms. The monoisotopic (exact) mass is 1550 g/mol. The van der Waals surface area contributed by atoms with Gasteiger partial charge in [0.2, 0.25) is 5.88 Å². The van der Waals surface area contributed by atoms with Crippen molar-refractivity contribution in [2.45, 2.75) is 127 Å². The number of carbonyl (C=O) groups excluding carboxylic acids is 4. The number of nitrogens with zero attached hydrogens (tertiary/aromatic N) is 15. The Hall–Kier alpha value is -12.6. The summed E-state index contributed by atoms with van der Waals surface area (Å²) in [7, 11) is 0. The summed E-state index contributed by atoms with van der Waals surface area (Å²) in [4.78, 5) is 93.1. The van der Waals surface area contributed by atoms with Gasteiger partial charge in [-0.25, -0.2) is 24.9 Å². The third-order valence-corrected chi connectivity index (χ3v) is 24.4. The molecule has 0 spiro atoms. The summed E-state index contributed by atoms with van der Waals surface area (Å²) in [5.74, 6) is 5.64. The number of hydrogen-bond donors (Lipinski definition) is 3. The molecule has 24 heteroatoms. The van der Waals surface area contributed by atoms with Gasteiger partial charge in [-0.1, -0.05) is 84.9 Å². The van der Waals surface area contributed by atoms with Crippen LogP contribution >= 0.6 is 11.3 Å². The molecule has 3 aromatic carbocycles. The Morgan fingerprint density at radius 1 is 0.365 bits per heavy atom. The van der Waals surface area contributed by atoms with Crippen molar-refractivity contribution >= 4 is 52.4 Å². The maximum absolute atomic E-state index is 13.5. The summed E-state index contributed by atoms with van der Waals surface area (Å²) in [5, 5.41) is 29.3. The first kappa shape index (κ1) is 75.1. The van der Waals surface area contributed by atoms with Crippen LogP contribution in [0.25, 0.3) is 44.3 Å². The molecule has 13 heterocycles. The van der Waals surface area contributed by atoms with Crippen LogP contribution in [0.1, 0.15) is 115 Å². The maximum Gasteiger partial charge on any atom is 0.256 e. The number of ether oxygens (including phenoxy) is 1. The summed E-state index contributed by atoms with van der Waals surface area (Å²) < 4.78 is 6.15. The van der Waals surface area contributed by atoms with E-state index in [1.807, 2.05) is 218 Å². The van der Waals surface area contributed by atoms with E-state index in [2.05, 4.69) is 94.3 Å². The highest BCUT2D eigenvalue weighted by Crippen LogP contribution is 2.45. The zero-order valence-electron chi connectivity index (χ0n) is 64.6. The first-order chi connectivity index (χ1) is 56.2. The van der Waals surface area contributed by atoms with Crippen molar-refractivity contribution in [1.82, 2.24) is 74.9 Å². The molecule has 4 saturated carbocycles. The number of fused-ring (bicyclic) bond motifs is 8. The van der Waals surface area contributed by atoms with Crippen molar-refractivity contribution in [2.24, 2.45) is 23.7 Å². The molecule has 8 aliphatic rings. The molecule has 12 unspecified atom stereocenters. The van der Waals surface area contributed by atoms with Crippen molar-refractivity contribution in [2.75, 3.05) is 42.1 Å². The molecule has 4 saturated heterocycles. The van der Waals surface area contributed by atoms with Crippen LogP contribution in [0, 0.1) is 51.4 Å². The Morgan fingerprint density at radius 3 is 1.28 bits per heavy atom. The third kappa shape index (κ3) is 16.5. The van der Waals surface area contributed by atoms with Crippen LogP contribution in [0.4, 0.5) is 17.5 Å². The van der Waals surface area contributed by atoms with E-state index >= 15 is 0 Å². The van der Waals surface area contributed by atoms with E-state index in [0.717, 1.165) is 167 Å². The van der Waals surface area contributed by atoms with E-state index in [1.54, 1.807) is 43.4 Å². The van der Waals surface area contributed by atoms with Gasteiger partial charge in [-0.2, -0.15) is 20.4 Å². The molecule has 3 N–H and O–H groups in total. The molecule has 20 rings (SSSR count). The average Bonchev–Trinajstić information content (AvgIpc) is 1.64. The first-order valence-corrected chi connectivity index (χ1v) is 40.6. The number of nitrogens with one attached hydrogen (secondary N) is 3. The molecule has 12 atom stereocenters. The number of anilines is 3. The minimum atomic E-state index is -0.0158. The number of carbonyl (C=O) groups is 4. The average molecular weight is 1550 g/mol. The second-order valence-corrected chi connectivity index (χ2v) is 32.4. The van der Waals surface area contributed by atoms with Gasteiger partial charge >= 0.3 is 0 Å². The van der Waals surface area contributed by atoms with Crippen molar-refractivity contribution in [1.29, 1.82) is 0 Å². The number of amides is 4. The minimum Gasteiger partial charge on any atom is -0.472 e. The first-order valence-electron chi connectivity index (χ1n) is 39.7. The summed E-state index contributed by atoms with van der Waals surface area (Å²) in [5.41, 5.74) is 13.0. The summed E-state index contributed by atoms with van der Waals surface area (Å²) in [6, 6.07) is 55.8. The fourth-order valence-corrected chi connectivity index (χ4v) is 19.0. The number of hydrogen-bond acceptors (Lipinski definition) is 20. The molecule has 580 valence electrons. The highest BCUT2D eigenvalue weighted by atomic mass is 32.1. The van der Waals surface area contributed by atoms with Gasteiger partial charge in [0.05, 0.1) is 53.5 Å². The second-order valence-electron chi connectivity index (χ2n) is 31.5. The SMILES string of the molecule is Cc1ccc(NC2CC3CC2N(C(=O)c2ccccc2-c2ccccn2)C3)nc1.Cc1ccc(NC2CC3CC2N(C(=O)c2ccccc2-c2cccnn2)C3)nc1.Cc1ccc(NC2CC3CC2N(C(=O)c2ccccc2-c2ccnnc2)C3)nc1.Cc1ccc(OC2CC3CC2N(C(=O)c2cccnc2-c2nccs2)C3)nc1. The fourth-order valence-electron chi connectivity index (χ4n) is 18.3. The lowest BCUT2D eigenvalue weighted by molar-refractivity contribution is 0.0466. The number of aromatic nitrogens is 11. The molecule has 12 aromatic rings. The van der Waals surface area contributed by atoms with Gasteiger partial charge in [-0.15, -0.1) is 11.3 Å². The number of piperidine rings is 4. The predicted molar refractivity (Wildman–Crippen MR) is 443 cm³/mol. The number of pyridine rings is 6. The van der Waals surface area contributed by atoms with Crippen molar-refractivity contribution in [3.8, 4) is 50.2 Å². The summed E-state index contributed by atoms with van der Waals surface area (Å²) in [6.07, 6.45) is 26.0. The van der Waals surface area contributed by atoms with Gasteiger partial charge < -0.3 is 40.3 Å². The van der Waals surface area contributed by atoms with Gasteiger partial charge in [0, 0.05) is 139 Å². The van der Waals surface area contributed by atoms with E-state index in [4.69, 9.17) is 4.74 Å². The van der Waals surface area contributed by atoms with Gasteiger partial charge in [0.15, 0.2) is 0 Å². The molecule has 4 aliphatic heterocycles. The van der Waals surface area contributed by atoms with Crippen LogP contribution in [-0.2, 0) is 0 Å². The Kier molecular flexibility index (Phi) is 22.0. The van der Waals surface area contributed by atoms with Gasteiger partial charge in [0.1, 0.15) is 34.3 Å². The van der Waals surface area contributed by atoms with E-state index in [1.165, 1.54) is 11.3 Å². The molecule has 0 radical (unpaired) electrons. The van der Waals surface area contributed by atoms with Crippen LogP contribution in [0.5, 0.6) is 5.88 Å². The Morgan fingerprint density at radius 2 is 0.817 bits per heavy atom. The number of likely N-dealkylation sites (tertiary alicyclic amines) is 4. The molecule has 4 aliphatic carbocycles. The van der Waals surface area contributed by atoms with Crippen molar-refractivity contribution in [3.05, 3.63) is 282 Å². The number of rotatable bonds is 16. The molecule has 4 amide bonds. The molecule has 9 aromatic heterocycles. The molecule has 8 bridgehead atoms. The number of benzene rings is 3. The normalized spacial score (nSPS) is 22.8. The highest BCUT2D eigenvalue weighted by molar-refractivity contribution is 7.13. The topological polar surface area (TPSA) is 268 Å². The van der Waals surface area contributed by atoms with E-state index < -0.39 is 0 Å². The van der Waals surface area contributed by atoms with Gasteiger partial charge in [0.25, 0.3) is 23.6 Å². The van der Waals surface area contributed by atoms with Crippen LogP contribution in [-0.4, -0.2) is 173 Å². The molecular formula is C91H90N18O5S. The maximum atomic E-state index is 13.5. The fraction of sp³-hybridized carbons (Fsp3) is 0.308. The Bertz CT molecular complexity index is 4990. The highest BCUT2D eigenvalue weighted by Gasteiger charge is 2.52. The zero-order valence-corrected chi connectivity index (χ0v) is 65.4. The Labute approximate surface area is 672 Å². The quantitative estimate of drug-likeness (QED) is 0.0811. The second kappa shape index (κ2) is 33.6. The lowest BCUT2D eigenvalue weighted by atomic mass is 9.98. The predicted octanol–water partition coefficient (Wildman–Crippen LogP) is 14.9. The molecule has 23 nitrogen and oxygen atoms in total. The third-order valence-electron chi connectivity index (χ3n) is 23.6. The van der Waals surface area contributed by atoms with Crippen molar-refractivity contribution in [3.63, 3.8) is 0 Å². The van der Waals surface area contributed by atoms with Crippen LogP contribution in [0.3, 0.4) is 0 Å². The molecular weight excluding hydrogens is 1460 g/mol. The smallest absolute Gasteiger partial charge is 0.256 e. The summed E-state index contributed by atoms with van der Waals surface area (Å²) >= 11 is 1.49. The minimum absolute atomic E-state index is 0.0102. The standard InChI is InChI=1S/C24H24N4O.2C23H23N5O.C21H20N4O2S/c1-16-9-10-23(26-14-16)27-21-12-17-13-22(21)28(15-17)24(29)19-7-3-2-6-18(19)20-8-4-5-11-25-20;1-15-8-9-22(24-13-15)26-20-11-16-12-21(20)28(14-16)23(29)18-6-3-2-5-17(18)19-7-4-10-25-27-19;1-15-6-7-22(24-12-15)27-20-10-16-11-21(20)28(14-16)23(29)19-5-3-2-4-18(19)17-8-9-25-26-13-17;1-13-4-5-18(24-11-13)27-17-10-14-9-16(17)25(12-14)21(26)15-3-2-6-22-19(15)20-23-7-8-28-20/h2-11,14,17,21-22H,12-13,15H2,1H3,(H,26,27);2-10,13,16,20-21H,11-12,14H2,1H3,(H,24,26);2-9,12-13,16,20-21H,10-11,14H2,1H3,(H,24,27);2-8,11,14,16-17H,9-10,12H2,1H3. The van der Waals surface area contributed by atoms with E-state index in [-0.39, 0.29) is 72.0 Å². The van der Waals surface area contributed by atoms with Crippen LogP contribution in [0.2, 0.25) is 0 Å². The lowest BCUT2D eigenvalue weighted by Crippen LogP contribution is -2.47. The largest absolute Gasteiger partial charge is 0.472 e. The van der Waals surface area contributed by atoms with Crippen molar-refractivity contribution < 1.29 is 23.9 Å². The van der Waals surface area contributed by atoms with Gasteiger partial charge in [-0.3, -0.25) is 29.1 Å². The zero-order chi connectivity index (χ0) is 78.5. The number of thiazole rings is 1. The van der Waals surface area contributed by atoms with Gasteiger partial charge in [-0.05, 0) is 209 Å². The molecule has 8 fully saturated rings. The number of aryl methyl sites for hydroxylation is 4. The van der Waals surface area contributed by atoms with E-state index in [0.29, 0.717) is 46.4 Å². The lowest BCUT2D eigenvalue weighted by Gasteiger charge is -2.34. The van der Waals surface area contributed by atoms with Crippen LogP contribution in [0.15, 0.2) is 237 Å². The Balaban J connectivity index is 0.000000111.